The van der Waals surface area contributed by atoms with Crippen LogP contribution in [0.2, 0.25) is 0 Å². The van der Waals surface area contributed by atoms with Crippen molar-refractivity contribution in [2.75, 3.05) is 39.6 Å². The fourth-order valence-electron chi connectivity index (χ4n) is 10.5. The minimum atomic E-state index is -4.95. The Balaban J connectivity index is 5.22. The molecule has 0 rings (SSSR count). The molecule has 0 saturated heterocycles. The summed E-state index contributed by atoms with van der Waals surface area (Å²) in [5, 5.41) is 10.6. The van der Waals surface area contributed by atoms with Crippen molar-refractivity contribution in [3.05, 3.63) is 0 Å². The molecule has 17 nitrogen and oxygen atoms in total. The van der Waals surface area contributed by atoms with Gasteiger partial charge in [-0.05, 0) is 43.4 Å². The number of hydrogen-bond acceptors (Lipinski definition) is 15. The summed E-state index contributed by atoms with van der Waals surface area (Å²) in [6, 6.07) is 0. The van der Waals surface area contributed by atoms with Gasteiger partial charge in [-0.1, -0.05) is 299 Å². The number of carbonyl (C=O) groups is 4. The number of unbranched alkanes of at least 4 members (excludes halogenated alkanes) is 35. The Kier molecular flexibility index (Phi) is 59.6. The molecular weight excluding hydrogens is 1170 g/mol. The molecule has 0 aliphatic rings. The summed E-state index contributed by atoms with van der Waals surface area (Å²) in [6.45, 7) is 11.8. The number of ether oxygens (including phenoxy) is 4. The normalized spacial score (nSPS) is 14.5. The lowest BCUT2D eigenvalue weighted by molar-refractivity contribution is -0.161. The molecule has 0 aromatic heterocycles. The van der Waals surface area contributed by atoms with Crippen molar-refractivity contribution in [1.29, 1.82) is 0 Å². The molecule has 89 heavy (non-hydrogen) atoms. The molecule has 0 fully saturated rings. The molecule has 0 spiro atoms. The average Bonchev–Trinajstić information content (AvgIpc) is 3.70. The van der Waals surface area contributed by atoms with Crippen LogP contribution in [0.1, 0.15) is 350 Å². The van der Waals surface area contributed by atoms with Crippen LogP contribution in [-0.2, 0) is 65.4 Å². The second kappa shape index (κ2) is 61.0. The van der Waals surface area contributed by atoms with E-state index in [1.807, 2.05) is 0 Å². The van der Waals surface area contributed by atoms with Gasteiger partial charge in [-0.3, -0.25) is 37.3 Å². The van der Waals surface area contributed by atoms with Crippen LogP contribution in [0.15, 0.2) is 0 Å². The summed E-state index contributed by atoms with van der Waals surface area (Å²) in [6.07, 6.45) is 44.5. The number of rotatable bonds is 68. The summed E-state index contributed by atoms with van der Waals surface area (Å²) in [4.78, 5) is 72.4. The van der Waals surface area contributed by atoms with Gasteiger partial charge in [0.25, 0.3) is 0 Å². The van der Waals surface area contributed by atoms with Crippen LogP contribution in [-0.4, -0.2) is 96.7 Å². The van der Waals surface area contributed by atoms with Crippen LogP contribution in [0.3, 0.4) is 0 Å². The summed E-state index contributed by atoms with van der Waals surface area (Å²) >= 11 is 0. The van der Waals surface area contributed by atoms with E-state index in [1.165, 1.54) is 161 Å². The molecule has 3 unspecified atom stereocenters. The predicted octanol–water partition coefficient (Wildman–Crippen LogP) is 19.8. The van der Waals surface area contributed by atoms with Crippen molar-refractivity contribution >= 4 is 39.5 Å². The van der Waals surface area contributed by atoms with Crippen LogP contribution in [0, 0.1) is 17.8 Å². The third-order valence-corrected chi connectivity index (χ3v) is 18.4. The average molecular weight is 1310 g/mol. The topological polar surface area (TPSA) is 237 Å². The minimum Gasteiger partial charge on any atom is -0.462 e. The standard InChI is InChI=1S/C70H136O17P2/c1-8-10-11-12-13-22-29-37-44-51-67(72)80-58-66(87-70(75)54-47-40-33-32-35-42-49-62(5)6)60-85-89(78,79)83-56-64(71)55-82-88(76,77)84-59-65(57-81-68(73)52-45-38-30-25-21-20-24-28-36-43-50-63(7)9-2)86-69(74)53-46-39-31-26-19-17-15-14-16-18-23-27-34-41-48-61(3)4/h61-66,71H,8-60H2,1-7H3,(H,76,77)(H,78,79)/t63?,64-,65-,66-/m1/s1. The van der Waals surface area contributed by atoms with Crippen molar-refractivity contribution in [2.24, 2.45) is 17.8 Å². The Morgan fingerprint density at radius 2 is 0.573 bits per heavy atom. The van der Waals surface area contributed by atoms with E-state index in [0.717, 1.165) is 102 Å². The van der Waals surface area contributed by atoms with Crippen LogP contribution in [0.4, 0.5) is 0 Å². The first-order valence-electron chi connectivity index (χ1n) is 36.4. The first-order chi connectivity index (χ1) is 42.8. The van der Waals surface area contributed by atoms with Gasteiger partial charge in [-0.15, -0.1) is 0 Å². The maximum Gasteiger partial charge on any atom is 0.472 e. The molecule has 0 amide bonds. The second-order valence-electron chi connectivity index (χ2n) is 26.5. The minimum absolute atomic E-state index is 0.102. The van der Waals surface area contributed by atoms with Crippen molar-refractivity contribution < 1.29 is 80.2 Å². The lowest BCUT2D eigenvalue weighted by Gasteiger charge is -2.21. The number of aliphatic hydroxyl groups excluding tert-OH is 1. The quantitative estimate of drug-likeness (QED) is 0.0222. The largest absolute Gasteiger partial charge is 0.472 e. The molecule has 528 valence electrons. The summed E-state index contributed by atoms with van der Waals surface area (Å²) in [5.74, 6) is 0.143. The molecule has 3 N–H and O–H groups in total. The highest BCUT2D eigenvalue weighted by atomic mass is 31.2. The number of carbonyl (C=O) groups excluding carboxylic acids is 4. The van der Waals surface area contributed by atoms with E-state index in [0.29, 0.717) is 31.6 Å². The molecule has 0 aliphatic heterocycles. The number of esters is 4. The van der Waals surface area contributed by atoms with E-state index in [2.05, 4.69) is 48.5 Å². The van der Waals surface area contributed by atoms with E-state index in [4.69, 9.17) is 37.0 Å². The molecule has 19 heteroatoms. The monoisotopic (exact) mass is 1310 g/mol. The molecule has 0 bridgehead atoms. The fraction of sp³-hybridized carbons (Fsp3) is 0.943. The van der Waals surface area contributed by atoms with Gasteiger partial charge in [0.05, 0.1) is 26.4 Å². The Morgan fingerprint density at radius 3 is 0.854 bits per heavy atom. The number of aliphatic hydroxyl groups is 1. The Morgan fingerprint density at radius 1 is 0.326 bits per heavy atom. The van der Waals surface area contributed by atoms with E-state index in [9.17, 15) is 43.2 Å². The molecule has 0 aromatic rings. The molecule has 0 heterocycles. The zero-order valence-corrected chi connectivity index (χ0v) is 59.7. The zero-order valence-electron chi connectivity index (χ0n) is 57.9. The SMILES string of the molecule is CCCCCCCCCCCC(=O)OC[C@H](COP(=O)(O)OC[C@H](O)COP(=O)(O)OC[C@@H](COC(=O)CCCCCCCCCCCCC(C)CC)OC(=O)CCCCCCCCCCCCCCCCC(C)C)OC(=O)CCCCCCCCC(C)C. The molecule has 0 radical (unpaired) electrons. The highest BCUT2D eigenvalue weighted by Gasteiger charge is 2.30. The predicted molar refractivity (Wildman–Crippen MR) is 358 cm³/mol. The molecule has 0 saturated carbocycles. The van der Waals surface area contributed by atoms with Crippen LogP contribution < -0.4 is 0 Å². The third-order valence-electron chi connectivity index (χ3n) is 16.5. The third kappa shape index (κ3) is 63.2. The lowest BCUT2D eigenvalue weighted by Crippen LogP contribution is -2.30. The van der Waals surface area contributed by atoms with Gasteiger partial charge in [0.1, 0.15) is 19.3 Å². The summed E-state index contributed by atoms with van der Waals surface area (Å²) < 4.78 is 68.2. The summed E-state index contributed by atoms with van der Waals surface area (Å²) in [5.41, 5.74) is 0. The van der Waals surface area contributed by atoms with Crippen molar-refractivity contribution in [1.82, 2.24) is 0 Å². The highest BCUT2D eigenvalue weighted by molar-refractivity contribution is 7.47. The van der Waals surface area contributed by atoms with Crippen LogP contribution in [0.5, 0.6) is 0 Å². The first-order valence-corrected chi connectivity index (χ1v) is 39.4. The number of hydrogen-bond donors (Lipinski definition) is 3. The van der Waals surface area contributed by atoms with E-state index >= 15 is 0 Å². The van der Waals surface area contributed by atoms with Gasteiger partial charge in [-0.2, -0.15) is 0 Å². The zero-order chi connectivity index (χ0) is 65.9. The van der Waals surface area contributed by atoms with Gasteiger partial charge in [-0.25, -0.2) is 9.13 Å². The molecular formula is C70H136O17P2. The van der Waals surface area contributed by atoms with Crippen LogP contribution in [0.25, 0.3) is 0 Å². The summed E-state index contributed by atoms with van der Waals surface area (Å²) in [7, 11) is -9.90. The van der Waals surface area contributed by atoms with Gasteiger partial charge in [0, 0.05) is 25.7 Å². The van der Waals surface area contributed by atoms with E-state index in [1.54, 1.807) is 0 Å². The first kappa shape index (κ1) is 87.1. The van der Waals surface area contributed by atoms with Crippen molar-refractivity contribution in [3.8, 4) is 0 Å². The molecule has 0 aromatic carbocycles. The highest BCUT2D eigenvalue weighted by Crippen LogP contribution is 2.45. The van der Waals surface area contributed by atoms with E-state index < -0.39 is 97.5 Å². The van der Waals surface area contributed by atoms with E-state index in [-0.39, 0.29) is 25.7 Å². The smallest absolute Gasteiger partial charge is 0.462 e. The van der Waals surface area contributed by atoms with Gasteiger partial charge >= 0.3 is 39.5 Å². The van der Waals surface area contributed by atoms with Crippen LogP contribution >= 0.6 is 15.6 Å². The van der Waals surface area contributed by atoms with Crippen molar-refractivity contribution in [2.45, 2.75) is 369 Å². The lowest BCUT2D eigenvalue weighted by atomic mass is 9.99. The fourth-order valence-corrected chi connectivity index (χ4v) is 12.1. The maximum absolute atomic E-state index is 13.0. The van der Waals surface area contributed by atoms with Gasteiger partial charge < -0.3 is 33.8 Å². The molecule has 6 atom stereocenters. The Hall–Kier alpha value is -1.94. The maximum atomic E-state index is 13.0. The second-order valence-corrected chi connectivity index (χ2v) is 29.4. The molecule has 0 aliphatic carbocycles. The number of phosphoric ester groups is 2. The van der Waals surface area contributed by atoms with Gasteiger partial charge in [0.15, 0.2) is 12.2 Å². The van der Waals surface area contributed by atoms with Crippen molar-refractivity contribution in [3.63, 3.8) is 0 Å². The number of phosphoric acid groups is 2. The Bertz CT molecular complexity index is 1750. The Labute approximate surface area is 543 Å². The van der Waals surface area contributed by atoms with Gasteiger partial charge in [0.2, 0.25) is 0 Å².